The van der Waals surface area contributed by atoms with Crippen LogP contribution in [0.3, 0.4) is 0 Å². The zero-order valence-corrected chi connectivity index (χ0v) is 37.6. The summed E-state index contributed by atoms with van der Waals surface area (Å²) in [4.78, 5) is 4.75. The number of aliphatic imine (C=N–C) groups is 1. The Labute approximate surface area is 386 Å². The lowest BCUT2D eigenvalue weighted by Gasteiger charge is -2.21. The van der Waals surface area contributed by atoms with Gasteiger partial charge in [0.05, 0.1) is 11.0 Å². The van der Waals surface area contributed by atoms with Crippen molar-refractivity contribution in [1.82, 2.24) is 4.57 Å². The number of aromatic nitrogens is 1. The van der Waals surface area contributed by atoms with Crippen molar-refractivity contribution in [1.29, 1.82) is 5.41 Å². The van der Waals surface area contributed by atoms with Crippen molar-refractivity contribution in [3.63, 3.8) is 0 Å². The Morgan fingerprint density at radius 3 is 2.00 bits per heavy atom. The van der Waals surface area contributed by atoms with E-state index in [1.54, 1.807) is 0 Å². The molecule has 1 aliphatic rings. The number of benzene rings is 9. The third-order valence-corrected chi connectivity index (χ3v) is 14.5. The van der Waals surface area contributed by atoms with E-state index in [0.29, 0.717) is 0 Å². The largest absolute Gasteiger partial charge is 0.456 e. The van der Waals surface area contributed by atoms with Crippen LogP contribution in [0.5, 0.6) is 0 Å². The predicted octanol–water partition coefficient (Wildman–Crippen LogP) is 15.8. The van der Waals surface area contributed by atoms with E-state index in [9.17, 15) is 0 Å². The number of para-hydroxylation sites is 2. The fourth-order valence-corrected chi connectivity index (χ4v) is 11.4. The minimum absolute atomic E-state index is 0.121. The molecule has 5 nitrogen and oxygen atoms in total. The molecule has 3 heterocycles. The van der Waals surface area contributed by atoms with Gasteiger partial charge in [-0.1, -0.05) is 159 Å². The first-order chi connectivity index (χ1) is 32.2. The summed E-state index contributed by atoms with van der Waals surface area (Å²) in [6.07, 6.45) is 0. The normalized spacial score (nSPS) is 13.1. The number of furan rings is 1. The third-order valence-electron chi connectivity index (χ3n) is 13.4. The van der Waals surface area contributed by atoms with Gasteiger partial charge in [0, 0.05) is 63.9 Å². The lowest BCUT2D eigenvalue weighted by molar-refractivity contribution is 0.660. The summed E-state index contributed by atoms with van der Waals surface area (Å²) in [6, 6.07) is 68.1. The van der Waals surface area contributed by atoms with Crippen LogP contribution in [0.25, 0.3) is 91.9 Å². The number of nitrogens with two attached hydrogens (primary N) is 1. The molecule has 3 N–H and O–H groups in total. The average Bonchev–Trinajstić information content (AvgIpc) is 4.08. The van der Waals surface area contributed by atoms with Crippen LogP contribution in [-0.4, -0.2) is 16.2 Å². The summed E-state index contributed by atoms with van der Waals surface area (Å²) in [7, 11) is 0. The number of fused-ring (bicyclic) bond motifs is 12. The van der Waals surface area contributed by atoms with Crippen LogP contribution in [0.2, 0.25) is 0 Å². The van der Waals surface area contributed by atoms with E-state index >= 15 is 0 Å². The van der Waals surface area contributed by atoms with Gasteiger partial charge >= 0.3 is 0 Å². The molecule has 316 valence electrons. The fourth-order valence-electron chi connectivity index (χ4n) is 10.2. The highest BCUT2D eigenvalue weighted by molar-refractivity contribution is 7.26. The predicted molar refractivity (Wildman–Crippen MR) is 279 cm³/mol. The Balaban J connectivity index is 0.000000599. The molecular formula is C60H44N4OS. The Bertz CT molecular complexity index is 3910. The lowest BCUT2D eigenvalue weighted by Crippen LogP contribution is -2.17. The van der Waals surface area contributed by atoms with Gasteiger partial charge in [-0.2, -0.15) is 0 Å². The first-order valence-corrected chi connectivity index (χ1v) is 23.1. The Morgan fingerprint density at radius 2 is 1.24 bits per heavy atom. The Hall–Kier alpha value is -8.06. The molecule has 13 rings (SSSR count). The van der Waals surface area contributed by atoms with Gasteiger partial charge < -0.3 is 14.7 Å². The number of hydrogen-bond donors (Lipinski definition) is 2. The van der Waals surface area contributed by atoms with Crippen molar-refractivity contribution in [2.24, 2.45) is 10.7 Å². The number of hydrogen-bond acceptors (Lipinski definition) is 3. The zero-order valence-electron chi connectivity index (χ0n) is 36.8. The van der Waals surface area contributed by atoms with Crippen molar-refractivity contribution in [2.75, 3.05) is 0 Å². The van der Waals surface area contributed by atoms with E-state index in [4.69, 9.17) is 20.6 Å². The van der Waals surface area contributed by atoms with Crippen LogP contribution >= 0.6 is 11.3 Å². The summed E-state index contributed by atoms with van der Waals surface area (Å²) in [6.45, 7) is 6.57. The molecule has 0 radical (unpaired) electrons. The number of rotatable bonds is 4. The number of nitrogens with zero attached hydrogens (tertiary/aromatic N) is 2. The van der Waals surface area contributed by atoms with Crippen molar-refractivity contribution in [3.05, 3.63) is 222 Å². The number of aryl methyl sites for hydroxylation is 1. The molecule has 3 aromatic heterocycles. The molecule has 6 heteroatoms. The maximum atomic E-state index is 9.16. The van der Waals surface area contributed by atoms with E-state index in [1.807, 2.05) is 53.8 Å². The van der Waals surface area contributed by atoms with Gasteiger partial charge in [0.1, 0.15) is 17.0 Å². The molecule has 0 aliphatic heterocycles. The van der Waals surface area contributed by atoms with Crippen LogP contribution < -0.4 is 5.73 Å². The highest BCUT2D eigenvalue weighted by atomic mass is 32.1. The number of nitrogens with one attached hydrogen (secondary N) is 1. The van der Waals surface area contributed by atoms with E-state index < -0.39 is 0 Å². The van der Waals surface area contributed by atoms with Gasteiger partial charge in [-0.25, -0.2) is 4.99 Å². The minimum Gasteiger partial charge on any atom is -0.456 e. The van der Waals surface area contributed by atoms with Gasteiger partial charge in [0.2, 0.25) is 0 Å². The van der Waals surface area contributed by atoms with Crippen molar-refractivity contribution >= 4 is 86.9 Å². The van der Waals surface area contributed by atoms with Crippen LogP contribution in [0, 0.1) is 12.3 Å². The molecule has 12 aromatic rings. The van der Waals surface area contributed by atoms with Gasteiger partial charge in [0.15, 0.2) is 5.84 Å². The summed E-state index contributed by atoms with van der Waals surface area (Å²) in [5.74, 6) is 0.396. The Kier molecular flexibility index (Phi) is 9.16. The molecule has 0 spiro atoms. The molecule has 0 bridgehead atoms. The minimum atomic E-state index is -0.180. The topological polar surface area (TPSA) is 80.3 Å². The second-order valence-corrected chi connectivity index (χ2v) is 18.8. The molecule has 0 amide bonds. The second-order valence-electron chi connectivity index (χ2n) is 17.8. The molecule has 0 atom stereocenters. The van der Waals surface area contributed by atoms with Crippen LogP contribution in [-0.2, 0) is 5.41 Å². The number of thiophene rings is 1. The molecule has 1 aliphatic carbocycles. The fraction of sp³-hybridized carbons (Fsp3) is 0.0667. The Morgan fingerprint density at radius 1 is 0.561 bits per heavy atom. The standard InChI is InChI=1S/C53H36N4OS.C7H8/c1-53(2)41-17-7-3-12-33(41)34-24-22-31(27-42(34)53)51(54)56-52(55)38-16-11-20-46-49(38)40-26-30(23-25-45(40)58-46)39-28-32(29-48-50(39)37-15-6-10-21-47(37)59-48)57-43-18-8-4-13-35(43)36-14-5-9-19-44(36)57;1-7-5-3-2-4-6-7/h3-29H,1-2H3,(H3,54,55,56);2-6H,1H3. The monoisotopic (exact) mass is 868 g/mol. The van der Waals surface area contributed by atoms with Crippen LogP contribution in [0.1, 0.15) is 41.7 Å². The zero-order chi connectivity index (χ0) is 44.7. The first kappa shape index (κ1) is 39.5. The van der Waals surface area contributed by atoms with Crippen molar-refractivity contribution in [3.8, 4) is 27.9 Å². The highest BCUT2D eigenvalue weighted by Gasteiger charge is 2.35. The highest BCUT2D eigenvalue weighted by Crippen LogP contribution is 2.49. The molecular weight excluding hydrogens is 825 g/mol. The van der Waals surface area contributed by atoms with Crippen molar-refractivity contribution in [2.45, 2.75) is 26.2 Å². The summed E-state index contributed by atoms with van der Waals surface area (Å²) >= 11 is 1.83. The number of amidine groups is 2. The van der Waals surface area contributed by atoms with Gasteiger partial charge in [0.25, 0.3) is 0 Å². The van der Waals surface area contributed by atoms with E-state index in [-0.39, 0.29) is 17.1 Å². The maximum absolute atomic E-state index is 9.16. The quantitative estimate of drug-likeness (QED) is 0.136. The van der Waals surface area contributed by atoms with Gasteiger partial charge in [-0.15, -0.1) is 11.3 Å². The molecule has 0 fully saturated rings. The SMILES string of the molecule is CC1(C)c2ccccc2-c2ccc(C(=N)N=C(N)c3cccc4oc5ccc(-c6cc(-n7c8ccccc8c8ccccc87)cc7sc8ccccc8c67)cc5c34)cc21.Cc1ccccc1. The van der Waals surface area contributed by atoms with E-state index in [2.05, 4.69) is 177 Å². The molecule has 0 unspecified atom stereocenters. The average molecular weight is 869 g/mol. The van der Waals surface area contributed by atoms with Crippen LogP contribution in [0.4, 0.5) is 0 Å². The van der Waals surface area contributed by atoms with E-state index in [1.165, 1.54) is 69.8 Å². The van der Waals surface area contributed by atoms with Gasteiger partial charge in [-0.05, 0) is 94.9 Å². The third kappa shape index (κ3) is 6.28. The summed E-state index contributed by atoms with van der Waals surface area (Å²) in [5.41, 5.74) is 21.6. The maximum Gasteiger partial charge on any atom is 0.154 e. The molecule has 66 heavy (non-hydrogen) atoms. The molecule has 0 saturated carbocycles. The lowest BCUT2D eigenvalue weighted by atomic mass is 9.82. The second kappa shape index (κ2) is 15.3. The molecule has 9 aromatic carbocycles. The van der Waals surface area contributed by atoms with Crippen molar-refractivity contribution < 1.29 is 4.42 Å². The smallest absolute Gasteiger partial charge is 0.154 e. The van der Waals surface area contributed by atoms with Crippen LogP contribution in [0.15, 0.2) is 204 Å². The molecule has 0 saturated heterocycles. The summed E-state index contributed by atoms with van der Waals surface area (Å²) in [5, 5.41) is 15.9. The first-order valence-electron chi connectivity index (χ1n) is 22.3. The van der Waals surface area contributed by atoms with Gasteiger partial charge in [-0.3, -0.25) is 5.41 Å². The summed E-state index contributed by atoms with van der Waals surface area (Å²) < 4.78 is 11.4. The van der Waals surface area contributed by atoms with E-state index in [0.717, 1.165) is 49.9 Å².